The molecular formula is C27H32O4. The minimum atomic E-state index is -0.549. The molecule has 0 N–H and O–H groups in total. The fourth-order valence-electron chi connectivity index (χ4n) is 6.33. The van der Waals surface area contributed by atoms with Gasteiger partial charge in [0.25, 0.3) is 0 Å². The Morgan fingerprint density at radius 1 is 0.903 bits per heavy atom. The van der Waals surface area contributed by atoms with Crippen LogP contribution in [0.2, 0.25) is 0 Å². The lowest BCUT2D eigenvalue weighted by Gasteiger charge is -2.30. The SMILES string of the molecule is CCC(C)(C)C(=O)Oc1ccc(OC(=O)C2CC3CC2C2CCCC32)c2ccccc12. The molecule has 0 heterocycles. The molecule has 2 aromatic rings. The van der Waals surface area contributed by atoms with Crippen molar-refractivity contribution in [2.75, 3.05) is 0 Å². The average molecular weight is 421 g/mol. The minimum Gasteiger partial charge on any atom is -0.426 e. The highest BCUT2D eigenvalue weighted by Crippen LogP contribution is 2.61. The molecule has 2 bridgehead atoms. The zero-order valence-corrected chi connectivity index (χ0v) is 18.7. The van der Waals surface area contributed by atoms with Crippen LogP contribution in [-0.4, -0.2) is 11.9 Å². The molecule has 31 heavy (non-hydrogen) atoms. The summed E-state index contributed by atoms with van der Waals surface area (Å²) >= 11 is 0. The maximum atomic E-state index is 13.2. The fourth-order valence-corrected chi connectivity index (χ4v) is 6.33. The van der Waals surface area contributed by atoms with Gasteiger partial charge >= 0.3 is 11.9 Å². The topological polar surface area (TPSA) is 52.6 Å². The number of esters is 2. The van der Waals surface area contributed by atoms with Gasteiger partial charge in [0, 0.05) is 10.8 Å². The van der Waals surface area contributed by atoms with E-state index < -0.39 is 5.41 Å². The van der Waals surface area contributed by atoms with Gasteiger partial charge in [0.2, 0.25) is 0 Å². The van der Waals surface area contributed by atoms with Crippen molar-refractivity contribution in [2.24, 2.45) is 35.0 Å². The van der Waals surface area contributed by atoms with E-state index in [1.807, 2.05) is 45.0 Å². The highest BCUT2D eigenvalue weighted by molar-refractivity contribution is 5.96. The standard InChI is InChI=1S/C27H32O4/c1-4-27(2,3)26(29)31-24-13-12-23(19-8-5-6-9-20(19)24)30-25(28)22-15-16-14-21(22)18-11-7-10-17(16)18/h5-6,8-9,12-13,16-18,21-22H,4,7,10-11,14-15H2,1-3H3. The van der Waals surface area contributed by atoms with Crippen LogP contribution in [-0.2, 0) is 9.59 Å². The van der Waals surface area contributed by atoms with Crippen LogP contribution in [0.4, 0.5) is 0 Å². The molecule has 3 fully saturated rings. The number of ether oxygens (including phenoxy) is 2. The summed E-state index contributed by atoms with van der Waals surface area (Å²) in [5, 5.41) is 1.59. The summed E-state index contributed by atoms with van der Waals surface area (Å²) in [6.07, 6.45) is 6.86. The van der Waals surface area contributed by atoms with Crippen molar-refractivity contribution in [3.05, 3.63) is 36.4 Å². The van der Waals surface area contributed by atoms with Crippen LogP contribution in [0.1, 0.15) is 59.3 Å². The monoisotopic (exact) mass is 420 g/mol. The third-order valence-electron chi connectivity index (χ3n) is 8.43. The second kappa shape index (κ2) is 7.65. The number of carbonyl (C=O) groups excluding carboxylic acids is 2. The van der Waals surface area contributed by atoms with Gasteiger partial charge in [-0.25, -0.2) is 0 Å². The van der Waals surface area contributed by atoms with Gasteiger partial charge in [-0.05, 0) is 81.8 Å². The van der Waals surface area contributed by atoms with Gasteiger partial charge in [-0.1, -0.05) is 37.6 Å². The van der Waals surface area contributed by atoms with E-state index in [0.29, 0.717) is 23.8 Å². The Morgan fingerprint density at radius 3 is 2.23 bits per heavy atom. The smallest absolute Gasteiger partial charge is 0.316 e. The van der Waals surface area contributed by atoms with Crippen LogP contribution in [0.25, 0.3) is 10.8 Å². The number of hydrogen-bond acceptors (Lipinski definition) is 4. The van der Waals surface area contributed by atoms with Gasteiger partial charge < -0.3 is 9.47 Å². The van der Waals surface area contributed by atoms with Crippen molar-refractivity contribution in [1.29, 1.82) is 0 Å². The number of benzene rings is 2. The normalized spacial score (nSPS) is 29.2. The van der Waals surface area contributed by atoms with E-state index in [2.05, 4.69) is 0 Å². The lowest BCUT2D eigenvalue weighted by atomic mass is 9.76. The van der Waals surface area contributed by atoms with E-state index in [9.17, 15) is 9.59 Å². The second-order valence-electron chi connectivity index (χ2n) is 10.4. The predicted molar refractivity (Wildman–Crippen MR) is 120 cm³/mol. The third-order valence-corrected chi connectivity index (χ3v) is 8.43. The summed E-state index contributed by atoms with van der Waals surface area (Å²) in [5.74, 6) is 3.58. The maximum Gasteiger partial charge on any atom is 0.316 e. The Bertz CT molecular complexity index is 1020. The summed E-state index contributed by atoms with van der Waals surface area (Å²) in [5.41, 5.74) is -0.549. The van der Waals surface area contributed by atoms with Crippen LogP contribution < -0.4 is 9.47 Å². The first-order valence-corrected chi connectivity index (χ1v) is 11.8. The zero-order chi connectivity index (χ0) is 21.8. The van der Waals surface area contributed by atoms with Gasteiger partial charge in [-0.15, -0.1) is 0 Å². The highest BCUT2D eigenvalue weighted by Gasteiger charge is 2.56. The quantitative estimate of drug-likeness (QED) is 0.429. The molecule has 164 valence electrons. The minimum absolute atomic E-state index is 0.0333. The van der Waals surface area contributed by atoms with Gasteiger partial charge in [0.05, 0.1) is 11.3 Å². The molecule has 5 unspecified atom stereocenters. The molecular weight excluding hydrogens is 388 g/mol. The molecule has 0 spiro atoms. The summed E-state index contributed by atoms with van der Waals surface area (Å²) in [7, 11) is 0. The van der Waals surface area contributed by atoms with E-state index >= 15 is 0 Å². The molecule has 0 amide bonds. The molecule has 0 radical (unpaired) electrons. The molecule has 3 aliphatic carbocycles. The van der Waals surface area contributed by atoms with Gasteiger partial charge in [-0.3, -0.25) is 9.59 Å². The molecule has 0 aliphatic heterocycles. The van der Waals surface area contributed by atoms with Crippen molar-refractivity contribution < 1.29 is 19.1 Å². The molecule has 4 nitrogen and oxygen atoms in total. The van der Waals surface area contributed by atoms with Crippen LogP contribution in [0.15, 0.2) is 36.4 Å². The van der Waals surface area contributed by atoms with Crippen molar-refractivity contribution in [3.8, 4) is 11.5 Å². The first kappa shape index (κ1) is 20.5. The van der Waals surface area contributed by atoms with Crippen molar-refractivity contribution in [2.45, 2.75) is 59.3 Å². The second-order valence-corrected chi connectivity index (χ2v) is 10.4. The van der Waals surface area contributed by atoms with E-state index in [0.717, 1.165) is 34.9 Å². The molecule has 5 rings (SSSR count). The third kappa shape index (κ3) is 3.44. The largest absolute Gasteiger partial charge is 0.426 e. The zero-order valence-electron chi connectivity index (χ0n) is 18.7. The molecule has 2 aromatic carbocycles. The van der Waals surface area contributed by atoms with Crippen LogP contribution >= 0.6 is 0 Å². The first-order chi connectivity index (χ1) is 14.9. The Morgan fingerprint density at radius 2 is 1.55 bits per heavy atom. The molecule has 5 atom stereocenters. The number of hydrogen-bond donors (Lipinski definition) is 0. The first-order valence-electron chi connectivity index (χ1n) is 11.8. The highest BCUT2D eigenvalue weighted by atomic mass is 16.5. The molecule has 3 aliphatic rings. The summed E-state index contributed by atoms with van der Waals surface area (Å²) in [6, 6.07) is 11.2. The summed E-state index contributed by atoms with van der Waals surface area (Å²) < 4.78 is 11.7. The van der Waals surface area contributed by atoms with Crippen molar-refractivity contribution >= 4 is 22.7 Å². The van der Waals surface area contributed by atoms with Crippen LogP contribution in [0, 0.1) is 35.0 Å². The Hall–Kier alpha value is -2.36. The Balaban J connectivity index is 1.38. The van der Waals surface area contributed by atoms with Gasteiger partial charge in [0.15, 0.2) is 0 Å². The van der Waals surface area contributed by atoms with Gasteiger partial charge in [-0.2, -0.15) is 0 Å². The molecule has 3 saturated carbocycles. The van der Waals surface area contributed by atoms with E-state index in [1.54, 1.807) is 12.1 Å². The van der Waals surface area contributed by atoms with E-state index in [-0.39, 0.29) is 17.9 Å². The molecule has 0 aromatic heterocycles. The average Bonchev–Trinajstić information content (AvgIpc) is 3.49. The number of fused-ring (bicyclic) bond motifs is 6. The maximum absolute atomic E-state index is 13.2. The van der Waals surface area contributed by atoms with E-state index in [1.165, 1.54) is 25.7 Å². The summed E-state index contributed by atoms with van der Waals surface area (Å²) in [6.45, 7) is 5.75. The Labute approximate surface area is 184 Å². The molecule has 0 saturated heterocycles. The Kier molecular flexibility index (Phi) is 5.07. The molecule has 4 heteroatoms. The van der Waals surface area contributed by atoms with Crippen molar-refractivity contribution in [1.82, 2.24) is 0 Å². The number of carbonyl (C=O) groups is 2. The lowest BCUT2D eigenvalue weighted by molar-refractivity contribution is -0.144. The predicted octanol–water partition coefficient (Wildman–Crippen LogP) is 6.16. The lowest BCUT2D eigenvalue weighted by Crippen LogP contribution is -2.32. The van der Waals surface area contributed by atoms with Crippen LogP contribution in [0.5, 0.6) is 11.5 Å². The summed E-state index contributed by atoms with van der Waals surface area (Å²) in [4.78, 5) is 25.8. The number of rotatable bonds is 5. The van der Waals surface area contributed by atoms with Crippen molar-refractivity contribution in [3.63, 3.8) is 0 Å². The van der Waals surface area contributed by atoms with E-state index in [4.69, 9.17) is 9.47 Å². The fraction of sp³-hybridized carbons (Fsp3) is 0.556. The van der Waals surface area contributed by atoms with Gasteiger partial charge in [0.1, 0.15) is 11.5 Å². The van der Waals surface area contributed by atoms with Crippen LogP contribution in [0.3, 0.4) is 0 Å².